The third-order valence-electron chi connectivity index (χ3n) is 3.71. The van der Waals surface area contributed by atoms with E-state index in [1.165, 1.54) is 36.2 Å². The molecule has 0 saturated carbocycles. The number of carbonyl (C=O) groups excluding carboxylic acids is 2. The van der Waals surface area contributed by atoms with E-state index >= 15 is 0 Å². The predicted octanol–water partition coefficient (Wildman–Crippen LogP) is 2.30. The fourth-order valence-electron chi connectivity index (χ4n) is 2.26. The average Bonchev–Trinajstić information content (AvgIpc) is 2.63. The molecule has 0 heterocycles. The number of nitrogens with one attached hydrogen (secondary N) is 1. The third-order valence-corrected chi connectivity index (χ3v) is 5.86. The normalized spacial score (nSPS) is 11.3. The Kier molecular flexibility index (Phi) is 6.59. The van der Waals surface area contributed by atoms with Gasteiger partial charge in [-0.3, -0.25) is 9.59 Å². The van der Waals surface area contributed by atoms with E-state index in [9.17, 15) is 18.0 Å². The number of hydrogen-bond donors (Lipinski definition) is 1. The number of anilines is 1. The van der Waals surface area contributed by atoms with Gasteiger partial charge in [0.1, 0.15) is 0 Å². The average molecular weight is 410 g/mol. The second kappa shape index (κ2) is 8.51. The lowest BCUT2D eigenvalue weighted by molar-refractivity contribution is -0.116. The lowest BCUT2D eigenvalue weighted by Gasteiger charge is -2.17. The van der Waals surface area contributed by atoms with Gasteiger partial charge in [-0.15, -0.1) is 0 Å². The van der Waals surface area contributed by atoms with E-state index in [1.807, 2.05) is 0 Å². The number of nitrogens with zero attached hydrogens (tertiary/aromatic N) is 2. The number of benzene rings is 2. The van der Waals surface area contributed by atoms with Crippen LogP contribution in [0.2, 0.25) is 5.02 Å². The zero-order valence-corrected chi connectivity index (χ0v) is 16.7. The Balaban J connectivity index is 2.14. The van der Waals surface area contributed by atoms with Crippen molar-refractivity contribution in [1.29, 1.82) is 0 Å². The summed E-state index contributed by atoms with van der Waals surface area (Å²) in [5.74, 6) is -0.820. The smallest absolute Gasteiger partial charge is 0.253 e. The van der Waals surface area contributed by atoms with Crippen LogP contribution in [0.3, 0.4) is 0 Å². The number of halogens is 1. The minimum Gasteiger partial charge on any atom is -0.345 e. The zero-order chi connectivity index (χ0) is 20.2. The third kappa shape index (κ3) is 5.06. The van der Waals surface area contributed by atoms with Crippen molar-refractivity contribution in [3.63, 3.8) is 0 Å². The molecule has 0 aliphatic rings. The number of hydrogen-bond acceptors (Lipinski definition) is 4. The Hall–Kier alpha value is -2.42. The largest absolute Gasteiger partial charge is 0.345 e. The predicted molar refractivity (Wildman–Crippen MR) is 104 cm³/mol. The number of likely N-dealkylation sites (N-methyl/N-ethyl adjacent to an activating group) is 1. The maximum absolute atomic E-state index is 12.5. The molecule has 0 fully saturated rings. The van der Waals surface area contributed by atoms with Crippen LogP contribution in [0.4, 0.5) is 5.69 Å². The molecule has 0 atom stereocenters. The molecule has 0 aliphatic heterocycles. The molecule has 9 heteroatoms. The van der Waals surface area contributed by atoms with Gasteiger partial charge in [0.05, 0.1) is 22.2 Å². The van der Waals surface area contributed by atoms with Gasteiger partial charge in [0.25, 0.3) is 5.91 Å². The maximum atomic E-state index is 12.5. The van der Waals surface area contributed by atoms with Crippen LogP contribution in [0.25, 0.3) is 0 Å². The van der Waals surface area contributed by atoms with Crippen LogP contribution >= 0.6 is 11.6 Å². The molecule has 0 aromatic heterocycles. The topological polar surface area (TPSA) is 86.8 Å². The molecule has 2 amide bonds. The maximum Gasteiger partial charge on any atom is 0.253 e. The van der Waals surface area contributed by atoms with E-state index in [1.54, 1.807) is 38.4 Å². The fraction of sp³-hybridized carbons (Fsp3) is 0.222. The zero-order valence-electron chi connectivity index (χ0n) is 15.1. The van der Waals surface area contributed by atoms with Gasteiger partial charge in [-0.1, -0.05) is 29.8 Å². The molecule has 0 unspecified atom stereocenters. The Morgan fingerprint density at radius 2 is 1.67 bits per heavy atom. The number of carbonyl (C=O) groups is 2. The first-order chi connectivity index (χ1) is 12.6. The summed E-state index contributed by atoms with van der Waals surface area (Å²) in [5, 5.41) is 2.79. The van der Waals surface area contributed by atoms with Gasteiger partial charge >= 0.3 is 0 Å². The molecule has 27 heavy (non-hydrogen) atoms. The molecule has 2 aromatic rings. The van der Waals surface area contributed by atoms with E-state index in [0.29, 0.717) is 5.56 Å². The highest BCUT2D eigenvalue weighted by Crippen LogP contribution is 2.24. The van der Waals surface area contributed by atoms with Gasteiger partial charge in [-0.25, -0.2) is 8.42 Å². The van der Waals surface area contributed by atoms with Gasteiger partial charge in [-0.05, 0) is 30.3 Å². The minimum atomic E-state index is -3.79. The molecule has 144 valence electrons. The lowest BCUT2D eigenvalue weighted by Crippen LogP contribution is -2.35. The summed E-state index contributed by atoms with van der Waals surface area (Å²) in [5.41, 5.74) is 0.588. The summed E-state index contributed by atoms with van der Waals surface area (Å²) in [6.07, 6.45) is 0. The molecule has 0 saturated heterocycles. The van der Waals surface area contributed by atoms with E-state index in [4.69, 9.17) is 11.6 Å². The Labute approximate surface area is 163 Å². The summed E-state index contributed by atoms with van der Waals surface area (Å²) in [4.78, 5) is 25.8. The highest BCUT2D eigenvalue weighted by Gasteiger charge is 2.23. The standard InChI is InChI=1S/C18H20ClN3O4S/c1-21(2)18(24)13-9-10-15(19)16(11-13)20-17(23)12-22(3)27(25,26)14-7-5-4-6-8-14/h4-11H,12H2,1-3H3,(H,20,23). The molecule has 1 N–H and O–H groups in total. The van der Waals surface area contributed by atoms with Gasteiger partial charge in [0.15, 0.2) is 0 Å². The molecule has 0 bridgehead atoms. The van der Waals surface area contributed by atoms with Crippen molar-refractivity contribution in [2.75, 3.05) is 33.0 Å². The van der Waals surface area contributed by atoms with Crippen LogP contribution in [0.15, 0.2) is 53.4 Å². The summed E-state index contributed by atoms with van der Waals surface area (Å²) in [7, 11) is 0.744. The summed E-state index contributed by atoms with van der Waals surface area (Å²) < 4.78 is 25.9. The second-order valence-corrected chi connectivity index (χ2v) is 8.47. The van der Waals surface area contributed by atoms with E-state index in [0.717, 1.165) is 4.31 Å². The molecule has 0 radical (unpaired) electrons. The Morgan fingerprint density at radius 3 is 2.26 bits per heavy atom. The number of rotatable bonds is 6. The van der Waals surface area contributed by atoms with Crippen LogP contribution in [0.5, 0.6) is 0 Å². The highest BCUT2D eigenvalue weighted by molar-refractivity contribution is 7.89. The second-order valence-electron chi connectivity index (χ2n) is 6.02. The minimum absolute atomic E-state index is 0.0944. The van der Waals surface area contributed by atoms with E-state index in [2.05, 4.69) is 5.32 Å². The Morgan fingerprint density at radius 1 is 1.04 bits per heavy atom. The lowest BCUT2D eigenvalue weighted by atomic mass is 10.2. The summed E-state index contributed by atoms with van der Waals surface area (Å²) in [6, 6.07) is 12.3. The van der Waals surface area contributed by atoms with E-state index in [-0.39, 0.29) is 21.5 Å². The molecule has 0 spiro atoms. The van der Waals surface area contributed by atoms with Crippen LogP contribution < -0.4 is 5.32 Å². The summed E-state index contributed by atoms with van der Waals surface area (Å²) in [6.45, 7) is -0.403. The quantitative estimate of drug-likeness (QED) is 0.793. The molecule has 0 aliphatic carbocycles. The van der Waals surface area contributed by atoms with Crippen LogP contribution in [0.1, 0.15) is 10.4 Å². The first-order valence-electron chi connectivity index (χ1n) is 7.95. The van der Waals surface area contributed by atoms with Crippen molar-refractivity contribution < 1.29 is 18.0 Å². The molecule has 2 aromatic carbocycles. The van der Waals surface area contributed by atoms with Gasteiger partial charge in [0.2, 0.25) is 15.9 Å². The molecule has 7 nitrogen and oxygen atoms in total. The van der Waals surface area contributed by atoms with Crippen LogP contribution in [-0.2, 0) is 14.8 Å². The van der Waals surface area contributed by atoms with Crippen molar-refractivity contribution in [3.05, 3.63) is 59.1 Å². The Bertz CT molecular complexity index is 946. The van der Waals surface area contributed by atoms with Crippen molar-refractivity contribution in [2.24, 2.45) is 0 Å². The van der Waals surface area contributed by atoms with Crippen molar-refractivity contribution in [1.82, 2.24) is 9.21 Å². The van der Waals surface area contributed by atoms with Crippen LogP contribution in [-0.4, -0.2) is 57.1 Å². The fourth-order valence-corrected chi connectivity index (χ4v) is 3.57. The monoisotopic (exact) mass is 409 g/mol. The van der Waals surface area contributed by atoms with Gasteiger partial charge < -0.3 is 10.2 Å². The molecular weight excluding hydrogens is 390 g/mol. The first-order valence-corrected chi connectivity index (χ1v) is 9.77. The first kappa shape index (κ1) is 20.9. The SMILES string of the molecule is CN(C)C(=O)c1ccc(Cl)c(NC(=O)CN(C)S(=O)(=O)c2ccccc2)c1. The van der Waals surface area contributed by atoms with Crippen molar-refractivity contribution >= 4 is 39.1 Å². The highest BCUT2D eigenvalue weighted by atomic mass is 35.5. The van der Waals surface area contributed by atoms with Crippen molar-refractivity contribution in [3.8, 4) is 0 Å². The summed E-state index contributed by atoms with van der Waals surface area (Å²) >= 11 is 6.08. The van der Waals surface area contributed by atoms with Gasteiger partial charge in [-0.2, -0.15) is 4.31 Å². The molecular formula is C18H20ClN3O4S. The van der Waals surface area contributed by atoms with E-state index < -0.39 is 22.5 Å². The number of amides is 2. The number of sulfonamides is 1. The van der Waals surface area contributed by atoms with Crippen LogP contribution in [0, 0.1) is 0 Å². The molecule has 2 rings (SSSR count). The van der Waals surface area contributed by atoms with Gasteiger partial charge in [0, 0.05) is 26.7 Å². The van der Waals surface area contributed by atoms with Crippen molar-refractivity contribution in [2.45, 2.75) is 4.90 Å².